The van der Waals surface area contributed by atoms with Crippen molar-refractivity contribution in [2.24, 2.45) is 0 Å². The number of rotatable bonds is 2. The van der Waals surface area contributed by atoms with Gasteiger partial charge in [-0.2, -0.15) is 0 Å². The summed E-state index contributed by atoms with van der Waals surface area (Å²) in [5.74, 6) is 0.0984. The van der Waals surface area contributed by atoms with Crippen molar-refractivity contribution in [3.05, 3.63) is 55.7 Å². The van der Waals surface area contributed by atoms with Crippen LogP contribution >= 0.6 is 22.9 Å². The molecule has 0 aliphatic heterocycles. The Hall–Kier alpha value is -1.12. The summed E-state index contributed by atoms with van der Waals surface area (Å²) in [5, 5.41) is 0.659. The van der Waals surface area contributed by atoms with Crippen molar-refractivity contribution in [3.8, 4) is 0 Å². The molecule has 0 saturated carbocycles. The van der Waals surface area contributed by atoms with E-state index in [0.29, 0.717) is 10.6 Å². The summed E-state index contributed by atoms with van der Waals surface area (Å²) in [4.78, 5) is 14.7. The topological polar surface area (TPSA) is 17.1 Å². The second kappa shape index (κ2) is 5.10. The number of fused-ring (bicyclic) bond motifs is 1. The number of ketones is 1. The molecule has 1 heterocycles. The van der Waals surface area contributed by atoms with Crippen LogP contribution in [0.5, 0.6) is 0 Å². The molecule has 3 heteroatoms. The predicted octanol–water partition coefficient (Wildman–Crippen LogP) is 4.82. The first-order valence-electron chi connectivity index (χ1n) is 6.57. The second-order valence-corrected chi connectivity index (χ2v) is 6.60. The molecule has 0 radical (unpaired) electrons. The minimum absolute atomic E-state index is 0.0984. The molecule has 3 rings (SSSR count). The van der Waals surface area contributed by atoms with E-state index in [2.05, 4.69) is 6.07 Å². The van der Waals surface area contributed by atoms with Crippen molar-refractivity contribution in [3.63, 3.8) is 0 Å². The van der Waals surface area contributed by atoms with Crippen molar-refractivity contribution in [1.82, 2.24) is 0 Å². The van der Waals surface area contributed by atoms with E-state index in [0.717, 1.165) is 23.3 Å². The fraction of sp³-hybridized carbons (Fsp3) is 0.312. The molecule has 98 valence electrons. The molecular weight excluding hydrogens is 276 g/mol. The van der Waals surface area contributed by atoms with E-state index in [9.17, 15) is 4.79 Å². The summed E-state index contributed by atoms with van der Waals surface area (Å²) in [6.07, 6.45) is 4.74. The maximum Gasteiger partial charge on any atom is 0.203 e. The van der Waals surface area contributed by atoms with Crippen molar-refractivity contribution in [2.75, 3.05) is 0 Å². The lowest BCUT2D eigenvalue weighted by molar-refractivity contribution is 0.104. The Morgan fingerprint density at radius 3 is 2.74 bits per heavy atom. The van der Waals surface area contributed by atoms with Crippen LogP contribution in [0, 0.1) is 6.92 Å². The molecule has 0 fully saturated rings. The number of aryl methyl sites for hydroxylation is 3. The highest BCUT2D eigenvalue weighted by Crippen LogP contribution is 2.31. The number of thiophene rings is 1. The van der Waals surface area contributed by atoms with Gasteiger partial charge in [-0.3, -0.25) is 4.79 Å². The number of benzene rings is 1. The highest BCUT2D eigenvalue weighted by molar-refractivity contribution is 7.14. The molecule has 0 amide bonds. The van der Waals surface area contributed by atoms with E-state index in [-0.39, 0.29) is 5.78 Å². The zero-order valence-electron chi connectivity index (χ0n) is 10.8. The third-order valence-corrected chi connectivity index (χ3v) is 5.30. The van der Waals surface area contributed by atoms with Crippen LogP contribution in [-0.4, -0.2) is 5.78 Å². The average Bonchev–Trinajstić information content (AvgIpc) is 2.85. The SMILES string of the molecule is Cc1ccc(C(=O)c2cc3c(s2)CCCC3)cc1Cl. The van der Waals surface area contributed by atoms with Crippen LogP contribution in [0.25, 0.3) is 0 Å². The van der Waals surface area contributed by atoms with Gasteiger partial charge in [0.05, 0.1) is 4.88 Å². The molecule has 0 saturated heterocycles. The Bertz CT molecular complexity index is 619. The molecule has 1 aliphatic rings. The zero-order chi connectivity index (χ0) is 13.4. The first-order valence-corrected chi connectivity index (χ1v) is 7.77. The first-order chi connectivity index (χ1) is 9.15. The lowest BCUT2D eigenvalue weighted by Crippen LogP contribution is -1.99. The van der Waals surface area contributed by atoms with Crippen LogP contribution in [0.15, 0.2) is 24.3 Å². The summed E-state index contributed by atoms with van der Waals surface area (Å²) in [6, 6.07) is 7.62. The Balaban J connectivity index is 1.95. The molecule has 0 unspecified atom stereocenters. The van der Waals surface area contributed by atoms with Crippen LogP contribution in [0.2, 0.25) is 5.02 Å². The zero-order valence-corrected chi connectivity index (χ0v) is 12.4. The number of halogens is 1. The Kier molecular flexibility index (Phi) is 3.46. The van der Waals surface area contributed by atoms with Gasteiger partial charge in [0, 0.05) is 15.5 Å². The monoisotopic (exact) mass is 290 g/mol. The Labute approximate surface area is 122 Å². The average molecular weight is 291 g/mol. The van der Waals surface area contributed by atoms with E-state index < -0.39 is 0 Å². The van der Waals surface area contributed by atoms with Gasteiger partial charge in [-0.1, -0.05) is 23.7 Å². The molecule has 1 aromatic heterocycles. The highest BCUT2D eigenvalue weighted by atomic mass is 35.5. The van der Waals surface area contributed by atoms with E-state index in [1.165, 1.54) is 23.3 Å². The van der Waals surface area contributed by atoms with Gasteiger partial charge in [0.15, 0.2) is 0 Å². The van der Waals surface area contributed by atoms with Gasteiger partial charge >= 0.3 is 0 Å². The third-order valence-electron chi connectivity index (χ3n) is 3.65. The van der Waals surface area contributed by atoms with Crippen LogP contribution in [0.1, 0.15) is 44.1 Å². The van der Waals surface area contributed by atoms with Gasteiger partial charge in [-0.05, 0) is 55.9 Å². The van der Waals surface area contributed by atoms with Crippen molar-refractivity contribution >= 4 is 28.7 Å². The molecule has 1 aliphatic carbocycles. The van der Waals surface area contributed by atoms with Crippen LogP contribution in [-0.2, 0) is 12.8 Å². The van der Waals surface area contributed by atoms with E-state index in [1.54, 1.807) is 17.4 Å². The molecule has 0 bridgehead atoms. The molecule has 1 nitrogen and oxygen atoms in total. The largest absolute Gasteiger partial charge is 0.288 e. The molecule has 0 atom stereocenters. The Morgan fingerprint density at radius 2 is 2.00 bits per heavy atom. The molecule has 0 N–H and O–H groups in total. The summed E-state index contributed by atoms with van der Waals surface area (Å²) in [7, 11) is 0. The summed E-state index contributed by atoms with van der Waals surface area (Å²) < 4.78 is 0. The molecule has 0 spiro atoms. The standard InChI is InChI=1S/C16H15ClOS/c1-10-6-7-12(8-13(10)17)16(18)15-9-11-4-2-3-5-14(11)19-15/h6-9H,2-5H2,1H3. The van der Waals surface area contributed by atoms with Gasteiger partial charge in [0.2, 0.25) is 5.78 Å². The van der Waals surface area contributed by atoms with E-state index in [1.807, 2.05) is 19.1 Å². The quantitative estimate of drug-likeness (QED) is 0.725. The fourth-order valence-electron chi connectivity index (χ4n) is 2.48. The number of carbonyl (C=O) groups is 1. The third kappa shape index (κ3) is 2.47. The predicted molar refractivity (Wildman–Crippen MR) is 80.6 cm³/mol. The normalized spacial score (nSPS) is 14.2. The molecule has 2 aromatic rings. The van der Waals surface area contributed by atoms with Gasteiger partial charge < -0.3 is 0 Å². The van der Waals surface area contributed by atoms with Gasteiger partial charge in [-0.25, -0.2) is 0 Å². The maximum absolute atomic E-state index is 12.5. The number of hydrogen-bond acceptors (Lipinski definition) is 2. The summed E-state index contributed by atoms with van der Waals surface area (Å²) in [6.45, 7) is 1.94. The highest BCUT2D eigenvalue weighted by Gasteiger charge is 2.18. The number of carbonyl (C=O) groups excluding carboxylic acids is 1. The lowest BCUT2D eigenvalue weighted by Gasteiger charge is -2.08. The minimum atomic E-state index is 0.0984. The molecule has 1 aromatic carbocycles. The summed E-state index contributed by atoms with van der Waals surface area (Å²) >= 11 is 7.75. The van der Waals surface area contributed by atoms with E-state index >= 15 is 0 Å². The molecule has 19 heavy (non-hydrogen) atoms. The number of hydrogen-bond donors (Lipinski definition) is 0. The van der Waals surface area contributed by atoms with E-state index in [4.69, 9.17) is 11.6 Å². The first kappa shape index (κ1) is 12.9. The summed E-state index contributed by atoms with van der Waals surface area (Å²) in [5.41, 5.74) is 3.07. The van der Waals surface area contributed by atoms with Gasteiger partial charge in [-0.15, -0.1) is 11.3 Å². The smallest absolute Gasteiger partial charge is 0.203 e. The fourth-order valence-corrected chi connectivity index (χ4v) is 3.88. The second-order valence-electron chi connectivity index (χ2n) is 5.06. The van der Waals surface area contributed by atoms with Crippen molar-refractivity contribution in [1.29, 1.82) is 0 Å². The van der Waals surface area contributed by atoms with Crippen LogP contribution < -0.4 is 0 Å². The molecular formula is C16H15ClOS. The maximum atomic E-state index is 12.5. The van der Waals surface area contributed by atoms with Crippen molar-refractivity contribution < 1.29 is 4.79 Å². The van der Waals surface area contributed by atoms with Gasteiger partial charge in [0.25, 0.3) is 0 Å². The van der Waals surface area contributed by atoms with Crippen molar-refractivity contribution in [2.45, 2.75) is 32.6 Å². The minimum Gasteiger partial charge on any atom is -0.288 e. The Morgan fingerprint density at radius 1 is 1.21 bits per heavy atom. The van der Waals surface area contributed by atoms with Gasteiger partial charge in [0.1, 0.15) is 0 Å². The van der Waals surface area contributed by atoms with Crippen LogP contribution in [0.3, 0.4) is 0 Å². The lowest BCUT2D eigenvalue weighted by atomic mass is 9.98. The van der Waals surface area contributed by atoms with Crippen LogP contribution in [0.4, 0.5) is 0 Å².